The second-order valence-corrected chi connectivity index (χ2v) is 5.80. The first-order valence-electron chi connectivity index (χ1n) is 7.88. The van der Waals surface area contributed by atoms with Crippen molar-refractivity contribution in [2.45, 2.75) is 19.4 Å². The van der Waals surface area contributed by atoms with Crippen LogP contribution in [-0.4, -0.2) is 22.2 Å². The standard InChI is InChI=1S/C18H15ClFN3O3/c1-2-14(25-15-9-4-3-8-13(15)20)16(24)21-18-22-17(26-23-18)11-6-5-7-12(19)10-11/h3-10,14H,2H2,1H3,(H,21,23,24). The van der Waals surface area contributed by atoms with Crippen molar-refractivity contribution in [1.29, 1.82) is 0 Å². The highest BCUT2D eigenvalue weighted by atomic mass is 35.5. The van der Waals surface area contributed by atoms with E-state index in [4.69, 9.17) is 20.9 Å². The molecule has 1 amide bonds. The van der Waals surface area contributed by atoms with Crippen LogP contribution in [0, 0.1) is 5.82 Å². The summed E-state index contributed by atoms with van der Waals surface area (Å²) in [6, 6.07) is 12.8. The Morgan fingerprint density at radius 2 is 2.12 bits per heavy atom. The Morgan fingerprint density at radius 1 is 1.31 bits per heavy atom. The lowest BCUT2D eigenvalue weighted by Crippen LogP contribution is -2.33. The third-order valence-corrected chi connectivity index (χ3v) is 3.74. The third-order valence-electron chi connectivity index (χ3n) is 3.50. The summed E-state index contributed by atoms with van der Waals surface area (Å²) in [4.78, 5) is 16.5. The van der Waals surface area contributed by atoms with Crippen molar-refractivity contribution in [2.24, 2.45) is 0 Å². The van der Waals surface area contributed by atoms with E-state index in [9.17, 15) is 9.18 Å². The van der Waals surface area contributed by atoms with Crippen LogP contribution in [0.1, 0.15) is 13.3 Å². The number of anilines is 1. The molecule has 0 aliphatic rings. The zero-order valence-electron chi connectivity index (χ0n) is 13.8. The van der Waals surface area contributed by atoms with Crippen molar-refractivity contribution >= 4 is 23.5 Å². The molecule has 0 spiro atoms. The van der Waals surface area contributed by atoms with Gasteiger partial charge in [0.1, 0.15) is 0 Å². The van der Waals surface area contributed by atoms with Crippen molar-refractivity contribution in [3.8, 4) is 17.2 Å². The number of amides is 1. The normalized spacial score (nSPS) is 11.8. The Morgan fingerprint density at radius 3 is 2.85 bits per heavy atom. The van der Waals surface area contributed by atoms with E-state index in [0.717, 1.165) is 0 Å². The highest BCUT2D eigenvalue weighted by Crippen LogP contribution is 2.22. The number of hydrogen-bond donors (Lipinski definition) is 1. The highest BCUT2D eigenvalue weighted by Gasteiger charge is 2.22. The molecule has 0 aliphatic carbocycles. The molecule has 3 aromatic rings. The highest BCUT2D eigenvalue weighted by molar-refractivity contribution is 6.30. The monoisotopic (exact) mass is 375 g/mol. The molecule has 0 bridgehead atoms. The molecule has 3 rings (SSSR count). The molecule has 0 aliphatic heterocycles. The van der Waals surface area contributed by atoms with Crippen molar-refractivity contribution in [3.63, 3.8) is 0 Å². The average Bonchev–Trinajstić information content (AvgIpc) is 3.09. The van der Waals surface area contributed by atoms with Crippen LogP contribution in [0.2, 0.25) is 5.02 Å². The van der Waals surface area contributed by atoms with Gasteiger partial charge in [-0.3, -0.25) is 10.1 Å². The maximum Gasteiger partial charge on any atom is 0.270 e. The number of benzene rings is 2. The Hall–Kier alpha value is -2.93. The van der Waals surface area contributed by atoms with Gasteiger partial charge in [-0.05, 0) is 41.9 Å². The third kappa shape index (κ3) is 4.18. The van der Waals surface area contributed by atoms with Gasteiger partial charge < -0.3 is 9.26 Å². The molecule has 1 aromatic heterocycles. The average molecular weight is 376 g/mol. The zero-order chi connectivity index (χ0) is 18.5. The van der Waals surface area contributed by atoms with E-state index >= 15 is 0 Å². The maximum absolute atomic E-state index is 13.7. The van der Waals surface area contributed by atoms with E-state index in [1.165, 1.54) is 12.1 Å². The molecule has 8 heteroatoms. The molecule has 0 saturated heterocycles. The second kappa shape index (κ2) is 7.97. The van der Waals surface area contributed by atoms with Gasteiger partial charge in [0, 0.05) is 10.6 Å². The number of nitrogens with one attached hydrogen (secondary N) is 1. The number of aromatic nitrogens is 2. The van der Waals surface area contributed by atoms with Crippen molar-refractivity contribution in [2.75, 3.05) is 5.32 Å². The van der Waals surface area contributed by atoms with E-state index in [1.54, 1.807) is 43.3 Å². The summed E-state index contributed by atoms with van der Waals surface area (Å²) in [7, 11) is 0. The van der Waals surface area contributed by atoms with Crippen LogP contribution in [0.4, 0.5) is 10.3 Å². The Balaban J connectivity index is 1.70. The summed E-state index contributed by atoms with van der Waals surface area (Å²) in [6.45, 7) is 1.75. The van der Waals surface area contributed by atoms with Crippen molar-refractivity contribution in [1.82, 2.24) is 10.1 Å². The quantitative estimate of drug-likeness (QED) is 0.694. The molecule has 26 heavy (non-hydrogen) atoms. The van der Waals surface area contributed by atoms with Crippen LogP contribution >= 0.6 is 11.6 Å². The number of ether oxygens (including phenoxy) is 1. The molecule has 6 nitrogen and oxygen atoms in total. The van der Waals surface area contributed by atoms with Gasteiger partial charge in [0.15, 0.2) is 17.7 Å². The fraction of sp³-hybridized carbons (Fsp3) is 0.167. The number of carbonyl (C=O) groups is 1. The van der Waals surface area contributed by atoms with Crippen LogP contribution in [-0.2, 0) is 4.79 Å². The van der Waals surface area contributed by atoms with Gasteiger partial charge in [0.25, 0.3) is 17.7 Å². The molecular formula is C18H15ClFN3O3. The molecule has 1 atom stereocenters. The van der Waals surface area contributed by atoms with E-state index < -0.39 is 17.8 Å². The summed E-state index contributed by atoms with van der Waals surface area (Å²) in [5.74, 6) is -0.843. The molecule has 1 N–H and O–H groups in total. The number of hydrogen-bond acceptors (Lipinski definition) is 5. The maximum atomic E-state index is 13.7. The lowest BCUT2D eigenvalue weighted by atomic mass is 10.2. The van der Waals surface area contributed by atoms with Gasteiger partial charge in [-0.15, -0.1) is 0 Å². The first kappa shape index (κ1) is 17.9. The van der Waals surface area contributed by atoms with Crippen LogP contribution in [0.25, 0.3) is 11.5 Å². The summed E-state index contributed by atoms with van der Waals surface area (Å²) < 4.78 is 24.3. The molecule has 0 radical (unpaired) electrons. The van der Waals surface area contributed by atoms with Crippen LogP contribution in [0.5, 0.6) is 5.75 Å². The van der Waals surface area contributed by atoms with Crippen LogP contribution in [0.3, 0.4) is 0 Å². The number of para-hydroxylation sites is 1. The Bertz CT molecular complexity index is 916. The smallest absolute Gasteiger partial charge is 0.270 e. The Labute approximate surface area is 153 Å². The SMILES string of the molecule is CCC(Oc1ccccc1F)C(=O)Nc1noc(-c2cccc(Cl)c2)n1. The fourth-order valence-electron chi connectivity index (χ4n) is 2.22. The van der Waals surface area contributed by atoms with Gasteiger partial charge in [-0.25, -0.2) is 4.39 Å². The minimum absolute atomic E-state index is 0.00206. The second-order valence-electron chi connectivity index (χ2n) is 5.37. The zero-order valence-corrected chi connectivity index (χ0v) is 14.5. The largest absolute Gasteiger partial charge is 0.478 e. The van der Waals surface area contributed by atoms with Crippen molar-refractivity contribution < 1.29 is 18.4 Å². The lowest BCUT2D eigenvalue weighted by molar-refractivity contribution is -0.123. The molecule has 1 heterocycles. The summed E-state index contributed by atoms with van der Waals surface area (Å²) >= 11 is 5.93. The van der Waals surface area contributed by atoms with Gasteiger partial charge in [0.2, 0.25) is 0 Å². The number of nitrogens with zero attached hydrogens (tertiary/aromatic N) is 2. The summed E-state index contributed by atoms with van der Waals surface area (Å²) in [5, 5.41) is 6.74. The first-order chi connectivity index (χ1) is 12.6. The number of halogens is 2. The molecular weight excluding hydrogens is 361 g/mol. The van der Waals surface area contributed by atoms with Gasteiger partial charge >= 0.3 is 0 Å². The molecule has 0 fully saturated rings. The van der Waals surface area contributed by atoms with Crippen LogP contribution in [0.15, 0.2) is 53.1 Å². The minimum atomic E-state index is -0.903. The molecule has 0 saturated carbocycles. The van der Waals surface area contributed by atoms with Gasteiger partial charge in [-0.2, -0.15) is 4.98 Å². The first-order valence-corrected chi connectivity index (χ1v) is 8.26. The predicted molar refractivity (Wildman–Crippen MR) is 94.5 cm³/mol. The number of carbonyl (C=O) groups excluding carboxylic acids is 1. The summed E-state index contributed by atoms with van der Waals surface area (Å²) in [6.07, 6.45) is -0.570. The topological polar surface area (TPSA) is 77.2 Å². The summed E-state index contributed by atoms with van der Waals surface area (Å²) in [5.41, 5.74) is 0.625. The minimum Gasteiger partial charge on any atom is -0.478 e. The Kier molecular flexibility index (Phi) is 5.48. The van der Waals surface area contributed by atoms with Gasteiger partial charge in [-0.1, -0.05) is 36.7 Å². The fourth-order valence-corrected chi connectivity index (χ4v) is 2.41. The molecule has 134 valence electrons. The van der Waals surface area contributed by atoms with E-state index in [2.05, 4.69) is 15.5 Å². The van der Waals surface area contributed by atoms with E-state index in [-0.39, 0.29) is 17.6 Å². The predicted octanol–water partition coefficient (Wildman–Crippen LogP) is 4.33. The molecule has 2 aromatic carbocycles. The molecule has 1 unspecified atom stereocenters. The lowest BCUT2D eigenvalue weighted by Gasteiger charge is -2.16. The van der Waals surface area contributed by atoms with Gasteiger partial charge in [0.05, 0.1) is 0 Å². The van der Waals surface area contributed by atoms with Crippen molar-refractivity contribution in [3.05, 3.63) is 59.4 Å². The van der Waals surface area contributed by atoms with Crippen LogP contribution < -0.4 is 10.1 Å². The number of rotatable bonds is 6. The van der Waals surface area contributed by atoms with E-state index in [1.807, 2.05) is 0 Å². The van der Waals surface area contributed by atoms with E-state index in [0.29, 0.717) is 17.0 Å².